The molecule has 0 saturated carbocycles. The minimum absolute atomic E-state index is 0.261. The molecule has 1 atom stereocenters. The highest BCUT2D eigenvalue weighted by Crippen LogP contribution is 2.37. The highest BCUT2D eigenvalue weighted by molar-refractivity contribution is 9.11. The van der Waals surface area contributed by atoms with Crippen LogP contribution in [0.25, 0.3) is 0 Å². The van der Waals surface area contributed by atoms with E-state index >= 15 is 0 Å². The number of aromatic hydroxyl groups is 1. The molecule has 1 aromatic carbocycles. The molecule has 1 fully saturated rings. The summed E-state index contributed by atoms with van der Waals surface area (Å²) in [6.07, 6.45) is 4.01. The van der Waals surface area contributed by atoms with Gasteiger partial charge >= 0.3 is 0 Å². The number of nitrogens with zero attached hydrogens (tertiary/aromatic N) is 1. The molecule has 1 aromatic rings. The van der Waals surface area contributed by atoms with Crippen LogP contribution in [0, 0.1) is 0 Å². The van der Waals surface area contributed by atoms with E-state index in [0.717, 1.165) is 48.0 Å². The van der Waals surface area contributed by atoms with Gasteiger partial charge in [0, 0.05) is 32.2 Å². The molecular weight excluding hydrogens is 384 g/mol. The Labute approximate surface area is 137 Å². The number of piperazine rings is 1. The maximum Gasteiger partial charge on any atom is 0.143 e. The van der Waals surface area contributed by atoms with Gasteiger partial charge in [0.25, 0.3) is 0 Å². The van der Waals surface area contributed by atoms with Gasteiger partial charge in [-0.2, -0.15) is 0 Å². The van der Waals surface area contributed by atoms with E-state index in [1.807, 2.05) is 18.2 Å². The molecule has 2 N–H and O–H groups in total. The Balaban J connectivity index is 2.27. The standard InChI is InChI=1S/C15H20Br2N2O/c1-2-3-4-14(19-7-5-18-6-8-19)11-9-12(16)15(20)13(17)10-11/h2,9-10,14,18,20H,1,3-8H2/t14-/m0/s1. The van der Waals surface area contributed by atoms with Crippen LogP contribution >= 0.6 is 31.9 Å². The van der Waals surface area contributed by atoms with Crippen LogP contribution in [0.3, 0.4) is 0 Å². The van der Waals surface area contributed by atoms with E-state index in [-0.39, 0.29) is 5.75 Å². The van der Waals surface area contributed by atoms with E-state index in [0.29, 0.717) is 6.04 Å². The lowest BCUT2D eigenvalue weighted by Gasteiger charge is -2.35. The van der Waals surface area contributed by atoms with Crippen LogP contribution in [0.2, 0.25) is 0 Å². The summed E-state index contributed by atoms with van der Waals surface area (Å²) in [7, 11) is 0. The zero-order chi connectivity index (χ0) is 14.5. The predicted molar refractivity (Wildman–Crippen MR) is 90.1 cm³/mol. The van der Waals surface area contributed by atoms with Crippen molar-refractivity contribution in [1.29, 1.82) is 0 Å². The Morgan fingerprint density at radius 1 is 1.30 bits per heavy atom. The predicted octanol–water partition coefficient (Wildman–Crippen LogP) is 3.83. The minimum Gasteiger partial charge on any atom is -0.506 e. The SMILES string of the molecule is C=CCC[C@@H](c1cc(Br)c(O)c(Br)c1)N1CCNCC1. The number of phenolic OH excluding ortho intramolecular Hbond substituents is 1. The van der Waals surface area contributed by atoms with Gasteiger partial charge in [-0.3, -0.25) is 4.90 Å². The Morgan fingerprint density at radius 2 is 1.90 bits per heavy atom. The smallest absolute Gasteiger partial charge is 0.143 e. The monoisotopic (exact) mass is 402 g/mol. The van der Waals surface area contributed by atoms with Gasteiger partial charge in [-0.15, -0.1) is 6.58 Å². The number of allylic oxidation sites excluding steroid dienone is 1. The second kappa shape index (κ2) is 7.59. The first-order valence-electron chi connectivity index (χ1n) is 6.87. The molecule has 3 nitrogen and oxygen atoms in total. The summed E-state index contributed by atoms with van der Waals surface area (Å²) in [6.45, 7) is 8.00. The van der Waals surface area contributed by atoms with E-state index in [1.165, 1.54) is 5.56 Å². The first kappa shape index (κ1) is 16.0. The van der Waals surface area contributed by atoms with E-state index in [4.69, 9.17) is 0 Å². The second-order valence-electron chi connectivity index (χ2n) is 5.00. The highest BCUT2D eigenvalue weighted by atomic mass is 79.9. The van der Waals surface area contributed by atoms with Gasteiger partial charge in [0.2, 0.25) is 0 Å². The van der Waals surface area contributed by atoms with Crippen LogP contribution in [-0.4, -0.2) is 36.2 Å². The first-order valence-corrected chi connectivity index (χ1v) is 8.45. The third-order valence-corrected chi connectivity index (χ3v) is 4.87. The average Bonchev–Trinajstić information content (AvgIpc) is 2.46. The third kappa shape index (κ3) is 3.85. The molecule has 0 aliphatic carbocycles. The van der Waals surface area contributed by atoms with Gasteiger partial charge in [-0.1, -0.05) is 6.08 Å². The number of halogens is 2. The highest BCUT2D eigenvalue weighted by Gasteiger charge is 2.23. The molecule has 1 saturated heterocycles. The minimum atomic E-state index is 0.261. The number of benzene rings is 1. The van der Waals surface area contributed by atoms with Crippen molar-refractivity contribution in [3.05, 3.63) is 39.3 Å². The first-order chi connectivity index (χ1) is 9.63. The zero-order valence-electron chi connectivity index (χ0n) is 11.4. The lowest BCUT2D eigenvalue weighted by molar-refractivity contribution is 0.166. The van der Waals surface area contributed by atoms with Crippen LogP contribution < -0.4 is 5.32 Å². The molecule has 1 aliphatic heterocycles. The number of phenols is 1. The molecule has 0 spiro atoms. The van der Waals surface area contributed by atoms with Crippen LogP contribution in [0.15, 0.2) is 33.7 Å². The molecule has 0 aromatic heterocycles. The second-order valence-corrected chi connectivity index (χ2v) is 6.71. The zero-order valence-corrected chi connectivity index (χ0v) is 14.6. The van der Waals surface area contributed by atoms with E-state index in [1.54, 1.807) is 0 Å². The van der Waals surface area contributed by atoms with Crippen molar-refractivity contribution in [2.45, 2.75) is 18.9 Å². The van der Waals surface area contributed by atoms with E-state index in [9.17, 15) is 5.11 Å². The number of rotatable bonds is 5. The van der Waals surface area contributed by atoms with Crippen LogP contribution in [0.4, 0.5) is 0 Å². The summed E-state index contributed by atoms with van der Waals surface area (Å²) in [4.78, 5) is 2.51. The van der Waals surface area contributed by atoms with Crippen molar-refractivity contribution in [2.24, 2.45) is 0 Å². The number of hydrogen-bond donors (Lipinski definition) is 2. The Hall–Kier alpha value is -0.360. The summed E-state index contributed by atoms with van der Waals surface area (Å²) >= 11 is 6.85. The van der Waals surface area contributed by atoms with Gasteiger partial charge in [0.15, 0.2) is 0 Å². The van der Waals surface area contributed by atoms with Gasteiger partial charge in [-0.05, 0) is 62.4 Å². The van der Waals surface area contributed by atoms with Crippen molar-refractivity contribution >= 4 is 31.9 Å². The number of hydrogen-bond acceptors (Lipinski definition) is 3. The number of nitrogens with one attached hydrogen (secondary N) is 1. The Morgan fingerprint density at radius 3 is 2.45 bits per heavy atom. The molecule has 0 amide bonds. The van der Waals surface area contributed by atoms with Crippen LogP contribution in [0.1, 0.15) is 24.4 Å². The van der Waals surface area contributed by atoms with E-state index < -0.39 is 0 Å². The molecule has 0 unspecified atom stereocenters. The quantitative estimate of drug-likeness (QED) is 0.733. The van der Waals surface area contributed by atoms with E-state index in [2.05, 4.69) is 48.7 Å². The molecule has 110 valence electrons. The summed E-state index contributed by atoms with van der Waals surface area (Å²) in [6, 6.07) is 4.41. The van der Waals surface area contributed by atoms with Gasteiger partial charge < -0.3 is 10.4 Å². The van der Waals surface area contributed by atoms with Gasteiger partial charge in [-0.25, -0.2) is 0 Å². The molecule has 5 heteroatoms. The van der Waals surface area contributed by atoms with Crippen molar-refractivity contribution in [3.8, 4) is 5.75 Å². The summed E-state index contributed by atoms with van der Waals surface area (Å²) in [5.74, 6) is 0.261. The molecule has 1 heterocycles. The van der Waals surface area contributed by atoms with Crippen LogP contribution in [0.5, 0.6) is 5.75 Å². The van der Waals surface area contributed by atoms with Gasteiger partial charge in [0.05, 0.1) is 8.95 Å². The maximum atomic E-state index is 9.87. The summed E-state index contributed by atoms with van der Waals surface area (Å²) in [5.41, 5.74) is 1.23. The van der Waals surface area contributed by atoms with Gasteiger partial charge in [0.1, 0.15) is 5.75 Å². The Kier molecular flexibility index (Phi) is 6.08. The molecule has 20 heavy (non-hydrogen) atoms. The molecule has 0 bridgehead atoms. The lowest BCUT2D eigenvalue weighted by atomic mass is 9.99. The molecular formula is C15H20Br2N2O. The summed E-state index contributed by atoms with van der Waals surface area (Å²) < 4.78 is 1.47. The average molecular weight is 404 g/mol. The Bertz CT molecular complexity index is 450. The molecule has 2 rings (SSSR count). The topological polar surface area (TPSA) is 35.5 Å². The fourth-order valence-corrected chi connectivity index (χ4v) is 3.83. The van der Waals surface area contributed by atoms with Crippen molar-refractivity contribution < 1.29 is 5.11 Å². The van der Waals surface area contributed by atoms with Crippen molar-refractivity contribution in [2.75, 3.05) is 26.2 Å². The molecule has 0 radical (unpaired) electrons. The van der Waals surface area contributed by atoms with Crippen molar-refractivity contribution in [1.82, 2.24) is 10.2 Å². The fraction of sp³-hybridized carbons (Fsp3) is 0.467. The fourth-order valence-electron chi connectivity index (χ4n) is 2.61. The lowest BCUT2D eigenvalue weighted by Crippen LogP contribution is -2.45. The molecule has 1 aliphatic rings. The van der Waals surface area contributed by atoms with Crippen molar-refractivity contribution in [3.63, 3.8) is 0 Å². The summed E-state index contributed by atoms with van der Waals surface area (Å²) in [5, 5.41) is 13.3. The van der Waals surface area contributed by atoms with Crippen LogP contribution in [-0.2, 0) is 0 Å². The normalized spacial score (nSPS) is 17.9. The maximum absolute atomic E-state index is 9.87. The third-order valence-electron chi connectivity index (χ3n) is 3.66. The largest absolute Gasteiger partial charge is 0.506 e.